The van der Waals surface area contributed by atoms with Gasteiger partial charge in [-0.2, -0.15) is 10.4 Å². The largest absolute Gasteiger partial charge is 0.465 e. The zero-order valence-electron chi connectivity index (χ0n) is 19.2. The molecule has 12 nitrogen and oxygen atoms in total. The van der Waals surface area contributed by atoms with Crippen LogP contribution in [-0.4, -0.2) is 70.6 Å². The summed E-state index contributed by atoms with van der Waals surface area (Å²) >= 11 is 0. The van der Waals surface area contributed by atoms with E-state index in [0.717, 1.165) is 4.90 Å². The number of carboxylic acid groups (broad SMARTS) is 1. The summed E-state index contributed by atoms with van der Waals surface area (Å²) in [6.07, 6.45) is -1.85. The van der Waals surface area contributed by atoms with E-state index < -0.39 is 40.7 Å². The number of piperidine rings is 1. The molecule has 1 fully saturated rings. The van der Waals surface area contributed by atoms with Gasteiger partial charge < -0.3 is 20.3 Å². The van der Waals surface area contributed by atoms with Crippen molar-refractivity contribution in [3.05, 3.63) is 46.4 Å². The highest BCUT2D eigenvalue weighted by molar-refractivity contribution is 8.22. The van der Waals surface area contributed by atoms with Gasteiger partial charge in [-0.15, -0.1) is 10.8 Å². The van der Waals surface area contributed by atoms with Gasteiger partial charge in [-0.25, -0.2) is 13.5 Å². The van der Waals surface area contributed by atoms with Crippen LogP contribution in [0.3, 0.4) is 0 Å². The third-order valence-electron chi connectivity index (χ3n) is 6.91. The summed E-state index contributed by atoms with van der Waals surface area (Å²) in [6.45, 7) is -0.0948. The topological polar surface area (TPSA) is 171 Å². The Labute approximate surface area is 206 Å². The van der Waals surface area contributed by atoms with Gasteiger partial charge in [0.05, 0.1) is 29.4 Å². The zero-order chi connectivity index (χ0) is 25.8. The van der Waals surface area contributed by atoms with Crippen LogP contribution in [0.15, 0.2) is 40.2 Å². The summed E-state index contributed by atoms with van der Waals surface area (Å²) in [6, 6.07) is 8.52. The average molecular weight is 518 g/mol. The van der Waals surface area contributed by atoms with E-state index >= 15 is 4.39 Å². The quantitative estimate of drug-likeness (QED) is 0.348. The SMILES string of the molecule is CN1Cc2cc(Nc3nn([C@@]4(CC#N)CCN(C(=O)O)C[C@H]4F)c4cc[nH]c(=O)c34)ccc2S1(O)O. The molecule has 190 valence electrons. The van der Waals surface area contributed by atoms with E-state index in [0.29, 0.717) is 28.2 Å². The molecule has 2 aliphatic heterocycles. The minimum atomic E-state index is -3.04. The summed E-state index contributed by atoms with van der Waals surface area (Å²) in [5, 5.41) is 26.6. The number of hydrogen-bond donors (Lipinski definition) is 5. The molecular formula is C22H24FN7O5S. The number of H-pyrrole nitrogens is 1. The number of nitrogens with one attached hydrogen (secondary N) is 2. The molecule has 2 aromatic heterocycles. The Hall–Kier alpha value is -3.64. The summed E-state index contributed by atoms with van der Waals surface area (Å²) in [5.41, 5.74) is -0.406. The van der Waals surface area contributed by atoms with E-state index in [4.69, 9.17) is 0 Å². The molecular weight excluding hydrogens is 493 g/mol. The Bertz CT molecular complexity index is 1470. The maximum absolute atomic E-state index is 15.6. The molecule has 0 saturated carbocycles. The van der Waals surface area contributed by atoms with Crippen molar-refractivity contribution < 1.29 is 23.4 Å². The Balaban J connectivity index is 1.60. The molecule has 0 radical (unpaired) electrons. The number of anilines is 2. The number of nitriles is 1. The predicted molar refractivity (Wildman–Crippen MR) is 130 cm³/mol. The lowest BCUT2D eigenvalue weighted by molar-refractivity contribution is 0.0170. The first kappa shape index (κ1) is 24.1. The van der Waals surface area contributed by atoms with Crippen molar-refractivity contribution >= 4 is 39.3 Å². The van der Waals surface area contributed by atoms with Crippen molar-refractivity contribution in [1.82, 2.24) is 24.0 Å². The number of aromatic amines is 1. The summed E-state index contributed by atoms with van der Waals surface area (Å²) in [4.78, 5) is 28.2. The zero-order valence-corrected chi connectivity index (χ0v) is 20.0. The molecule has 36 heavy (non-hydrogen) atoms. The van der Waals surface area contributed by atoms with Crippen molar-refractivity contribution in [3.63, 3.8) is 0 Å². The molecule has 0 unspecified atom stereocenters. The van der Waals surface area contributed by atoms with Gasteiger partial charge in [-0.05, 0) is 36.2 Å². The number of aromatic nitrogens is 3. The van der Waals surface area contributed by atoms with E-state index in [-0.39, 0.29) is 30.6 Å². The molecule has 1 saturated heterocycles. The van der Waals surface area contributed by atoms with Gasteiger partial charge >= 0.3 is 6.09 Å². The molecule has 1 amide bonds. The Morgan fingerprint density at radius 1 is 1.42 bits per heavy atom. The second-order valence-corrected chi connectivity index (χ2v) is 11.1. The molecule has 14 heteroatoms. The molecule has 1 aromatic carbocycles. The second kappa shape index (κ2) is 8.49. The Morgan fingerprint density at radius 2 is 2.19 bits per heavy atom. The van der Waals surface area contributed by atoms with Crippen LogP contribution in [0.25, 0.3) is 10.9 Å². The van der Waals surface area contributed by atoms with Crippen molar-refractivity contribution in [2.75, 3.05) is 25.5 Å². The fourth-order valence-electron chi connectivity index (χ4n) is 4.95. The van der Waals surface area contributed by atoms with Gasteiger partial charge in [0.1, 0.15) is 17.1 Å². The number of hydrogen-bond acceptors (Lipinski definition) is 8. The summed E-state index contributed by atoms with van der Waals surface area (Å²) in [7, 11) is -1.44. The van der Waals surface area contributed by atoms with E-state index in [1.165, 1.54) is 15.2 Å². The normalized spacial score (nSPS) is 24.3. The Kier molecular flexibility index (Phi) is 5.67. The number of amides is 1. The number of pyridine rings is 1. The van der Waals surface area contributed by atoms with Gasteiger partial charge in [0.15, 0.2) is 5.82 Å². The highest BCUT2D eigenvalue weighted by Crippen LogP contribution is 2.58. The smallest absolute Gasteiger partial charge is 0.407 e. The number of benzene rings is 1. The molecule has 5 rings (SSSR count). The van der Waals surface area contributed by atoms with Crippen LogP contribution in [-0.2, 0) is 12.1 Å². The van der Waals surface area contributed by atoms with Crippen molar-refractivity contribution in [2.45, 2.75) is 36.0 Å². The first-order chi connectivity index (χ1) is 17.1. The first-order valence-electron chi connectivity index (χ1n) is 11.1. The van der Waals surface area contributed by atoms with Crippen LogP contribution in [0.4, 0.5) is 20.7 Å². The molecule has 0 bridgehead atoms. The van der Waals surface area contributed by atoms with Gasteiger partial charge in [0, 0.05) is 32.0 Å². The number of rotatable bonds is 4. The molecule has 2 aliphatic rings. The van der Waals surface area contributed by atoms with Gasteiger partial charge in [-0.1, -0.05) is 0 Å². The van der Waals surface area contributed by atoms with Crippen molar-refractivity contribution in [2.24, 2.45) is 0 Å². The lowest BCUT2D eigenvalue weighted by atomic mass is 9.83. The van der Waals surface area contributed by atoms with Crippen LogP contribution < -0.4 is 10.9 Å². The third-order valence-corrected chi connectivity index (χ3v) is 8.89. The highest BCUT2D eigenvalue weighted by Gasteiger charge is 2.48. The standard InChI is InChI=1S/C22H24FN7O5S/c1-28-11-13-10-14(2-3-16(13)36(28,34)35)26-19-18-15(4-8-25-20(18)31)30(27-19)22(5-7-24)6-9-29(21(32)33)12-17(22)23/h2-4,8,10,17,34-35H,5-6,9,11-12H2,1H3,(H,25,31)(H,26,27)(H,32,33)/t17-,22+/m1/s1. The lowest BCUT2D eigenvalue weighted by Crippen LogP contribution is -2.56. The third kappa shape index (κ3) is 3.59. The number of halogens is 1. The van der Waals surface area contributed by atoms with E-state index in [1.54, 1.807) is 31.3 Å². The molecule has 0 aliphatic carbocycles. The number of alkyl halides is 1. The number of nitrogens with zero attached hydrogens (tertiary/aromatic N) is 5. The fraction of sp³-hybridized carbons (Fsp3) is 0.364. The number of likely N-dealkylation sites (tertiary alicyclic amines) is 1. The first-order valence-corrected chi connectivity index (χ1v) is 12.6. The van der Waals surface area contributed by atoms with Crippen LogP contribution in [0.2, 0.25) is 0 Å². The van der Waals surface area contributed by atoms with Crippen LogP contribution in [0.1, 0.15) is 18.4 Å². The molecule has 3 aromatic rings. The molecule has 4 heterocycles. The fourth-order valence-corrected chi connectivity index (χ4v) is 6.33. The minimum absolute atomic E-state index is 0.0000844. The van der Waals surface area contributed by atoms with Crippen LogP contribution in [0.5, 0.6) is 0 Å². The minimum Gasteiger partial charge on any atom is -0.465 e. The lowest BCUT2D eigenvalue weighted by Gasteiger charge is -2.42. The maximum Gasteiger partial charge on any atom is 0.407 e. The molecule has 5 N–H and O–H groups in total. The van der Waals surface area contributed by atoms with E-state index in [1.807, 2.05) is 6.07 Å². The van der Waals surface area contributed by atoms with Crippen molar-refractivity contribution in [3.8, 4) is 6.07 Å². The number of carbonyl (C=O) groups is 1. The Morgan fingerprint density at radius 3 is 2.89 bits per heavy atom. The molecule has 0 spiro atoms. The summed E-state index contributed by atoms with van der Waals surface area (Å²) < 4.78 is 39.1. The summed E-state index contributed by atoms with van der Waals surface area (Å²) in [5.74, 6) is 0.134. The van der Waals surface area contributed by atoms with Crippen LogP contribution >= 0.6 is 10.8 Å². The van der Waals surface area contributed by atoms with Gasteiger partial charge in [0.25, 0.3) is 5.56 Å². The average Bonchev–Trinajstić information content (AvgIpc) is 3.30. The van der Waals surface area contributed by atoms with Gasteiger partial charge in [0.2, 0.25) is 0 Å². The van der Waals surface area contributed by atoms with Gasteiger partial charge in [-0.3, -0.25) is 18.6 Å². The predicted octanol–water partition coefficient (Wildman–Crippen LogP) is 3.27. The highest BCUT2D eigenvalue weighted by atomic mass is 32.3. The second-order valence-electron chi connectivity index (χ2n) is 8.96. The van der Waals surface area contributed by atoms with E-state index in [2.05, 4.69) is 15.4 Å². The maximum atomic E-state index is 15.6. The number of fused-ring (bicyclic) bond motifs is 2. The van der Waals surface area contributed by atoms with E-state index in [9.17, 15) is 29.1 Å². The van der Waals surface area contributed by atoms with Crippen LogP contribution in [0, 0.1) is 11.3 Å². The van der Waals surface area contributed by atoms with Crippen molar-refractivity contribution in [1.29, 1.82) is 5.26 Å². The molecule has 2 atom stereocenters. The monoisotopic (exact) mass is 517 g/mol.